The van der Waals surface area contributed by atoms with E-state index in [1.165, 1.54) is 0 Å². The van der Waals surface area contributed by atoms with Gasteiger partial charge in [-0.2, -0.15) is 0 Å². The molecule has 0 aromatic carbocycles. The van der Waals surface area contributed by atoms with Gasteiger partial charge in [-0.05, 0) is 25.2 Å². The van der Waals surface area contributed by atoms with Crippen LogP contribution in [0, 0.1) is 5.92 Å². The van der Waals surface area contributed by atoms with Crippen LogP contribution in [0.25, 0.3) is 0 Å². The van der Waals surface area contributed by atoms with Crippen molar-refractivity contribution in [3.8, 4) is 0 Å². The number of hydrogen-bond donors (Lipinski definition) is 1. The second-order valence-electron chi connectivity index (χ2n) is 4.29. The predicted molar refractivity (Wildman–Crippen MR) is 54.6 cm³/mol. The van der Waals surface area contributed by atoms with Crippen LogP contribution in [-0.4, -0.2) is 32.4 Å². The Bertz CT molecular complexity index is 305. The molecule has 3 atom stereocenters. The first-order chi connectivity index (χ1) is 6.82. The average molecular weight is 241 g/mol. The third kappa shape index (κ3) is 3.38. The Morgan fingerprint density at radius 3 is 2.40 bits per heavy atom. The highest BCUT2D eigenvalue weighted by molar-refractivity contribution is 7.91. The maximum atomic E-state index is 12.4. The smallest absolute Gasteiger partial charge is 0.253 e. The molecule has 0 spiro atoms. The van der Waals surface area contributed by atoms with Crippen molar-refractivity contribution in [2.45, 2.75) is 43.4 Å². The van der Waals surface area contributed by atoms with Crippen molar-refractivity contribution >= 4 is 9.84 Å². The third-order valence-corrected chi connectivity index (χ3v) is 4.75. The van der Waals surface area contributed by atoms with Gasteiger partial charge in [0.05, 0.1) is 11.3 Å². The summed E-state index contributed by atoms with van der Waals surface area (Å²) in [6.07, 6.45) is 0.734. The highest BCUT2D eigenvalue weighted by Gasteiger charge is 2.34. The molecule has 0 aromatic heterocycles. The Morgan fingerprint density at radius 1 is 1.33 bits per heavy atom. The van der Waals surface area contributed by atoms with Crippen LogP contribution < -0.4 is 5.73 Å². The van der Waals surface area contributed by atoms with Crippen LogP contribution in [0.4, 0.5) is 8.78 Å². The maximum absolute atomic E-state index is 12.4. The number of hydrogen-bond acceptors (Lipinski definition) is 3. The lowest BCUT2D eigenvalue weighted by atomic mass is 9.84. The van der Waals surface area contributed by atoms with Crippen molar-refractivity contribution in [3.63, 3.8) is 0 Å². The van der Waals surface area contributed by atoms with Crippen LogP contribution in [0.15, 0.2) is 0 Å². The fourth-order valence-electron chi connectivity index (χ4n) is 2.13. The van der Waals surface area contributed by atoms with Gasteiger partial charge in [0.2, 0.25) is 0 Å². The molecule has 0 radical (unpaired) electrons. The molecule has 0 aromatic rings. The number of sulfone groups is 1. The summed E-state index contributed by atoms with van der Waals surface area (Å²) in [6.45, 7) is 0. The van der Waals surface area contributed by atoms with Gasteiger partial charge in [-0.25, -0.2) is 17.2 Å². The van der Waals surface area contributed by atoms with Gasteiger partial charge < -0.3 is 5.73 Å². The van der Waals surface area contributed by atoms with E-state index in [0.29, 0.717) is 19.3 Å². The normalized spacial score (nSPS) is 30.5. The van der Waals surface area contributed by atoms with Gasteiger partial charge in [-0.1, -0.05) is 6.42 Å². The summed E-state index contributed by atoms with van der Waals surface area (Å²) in [5.41, 5.74) is 5.35. The highest BCUT2D eigenvalue weighted by Crippen LogP contribution is 2.31. The van der Waals surface area contributed by atoms with Gasteiger partial charge in [-0.15, -0.1) is 0 Å². The van der Waals surface area contributed by atoms with Crippen molar-refractivity contribution in [3.05, 3.63) is 0 Å². The van der Waals surface area contributed by atoms with Crippen LogP contribution in [0.5, 0.6) is 0 Å². The maximum Gasteiger partial charge on any atom is 0.253 e. The van der Waals surface area contributed by atoms with E-state index in [0.717, 1.165) is 6.26 Å². The van der Waals surface area contributed by atoms with E-state index in [1.54, 1.807) is 0 Å². The van der Waals surface area contributed by atoms with E-state index in [2.05, 4.69) is 0 Å². The summed E-state index contributed by atoms with van der Waals surface area (Å²) < 4.78 is 47.3. The molecule has 0 aliphatic heterocycles. The lowest BCUT2D eigenvalue weighted by Crippen LogP contribution is -2.41. The summed E-state index contributed by atoms with van der Waals surface area (Å²) in [5.74, 6) is -0.363. The first-order valence-electron chi connectivity index (χ1n) is 5.05. The molecule has 15 heavy (non-hydrogen) atoms. The Kier molecular flexibility index (Phi) is 4.06. The zero-order chi connectivity index (χ0) is 11.6. The molecule has 1 fully saturated rings. The molecule has 3 unspecified atom stereocenters. The van der Waals surface area contributed by atoms with Crippen molar-refractivity contribution in [2.24, 2.45) is 11.7 Å². The Balaban J connectivity index is 2.64. The van der Waals surface area contributed by atoms with Gasteiger partial charge in [0.25, 0.3) is 6.43 Å². The number of rotatable bonds is 3. The molecule has 90 valence electrons. The fraction of sp³-hybridized carbons (Fsp3) is 1.00. The quantitative estimate of drug-likeness (QED) is 0.807. The van der Waals surface area contributed by atoms with Crippen molar-refractivity contribution in [2.75, 3.05) is 6.26 Å². The number of halogens is 2. The molecule has 0 heterocycles. The minimum absolute atomic E-state index is 0.282. The average Bonchev–Trinajstić information content (AvgIpc) is 2.15. The van der Waals surface area contributed by atoms with E-state index in [4.69, 9.17) is 5.73 Å². The summed E-state index contributed by atoms with van der Waals surface area (Å²) in [5, 5.41) is -0.485. The van der Waals surface area contributed by atoms with E-state index in [-0.39, 0.29) is 12.3 Å². The summed E-state index contributed by atoms with van der Waals surface area (Å²) in [6, 6.07) is -1.19. The number of alkyl halides is 2. The fourth-order valence-corrected chi connectivity index (χ4v) is 3.32. The zero-order valence-electron chi connectivity index (χ0n) is 8.70. The van der Waals surface area contributed by atoms with Crippen LogP contribution >= 0.6 is 0 Å². The molecule has 2 N–H and O–H groups in total. The Labute approximate surface area is 88.9 Å². The minimum atomic E-state index is -3.12. The molecule has 1 rings (SSSR count). The SMILES string of the molecule is CS(=O)(=O)C1CCCC(C(N)C(F)F)C1. The van der Waals surface area contributed by atoms with E-state index in [1.807, 2.05) is 0 Å². The largest absolute Gasteiger partial charge is 0.323 e. The van der Waals surface area contributed by atoms with E-state index < -0.39 is 27.6 Å². The lowest BCUT2D eigenvalue weighted by molar-refractivity contribution is 0.0778. The van der Waals surface area contributed by atoms with Gasteiger partial charge in [0.1, 0.15) is 9.84 Å². The first kappa shape index (κ1) is 12.8. The molecule has 3 nitrogen and oxygen atoms in total. The standard InChI is InChI=1S/C9H17F2NO2S/c1-15(13,14)7-4-2-3-6(5-7)8(12)9(10)11/h6-9H,2-5,12H2,1H3. The van der Waals surface area contributed by atoms with Crippen LogP contribution in [-0.2, 0) is 9.84 Å². The van der Waals surface area contributed by atoms with Crippen molar-refractivity contribution < 1.29 is 17.2 Å². The predicted octanol–water partition coefficient (Wildman–Crippen LogP) is 1.18. The van der Waals surface area contributed by atoms with Gasteiger partial charge >= 0.3 is 0 Å². The monoisotopic (exact) mass is 241 g/mol. The van der Waals surface area contributed by atoms with Crippen LogP contribution in [0.1, 0.15) is 25.7 Å². The minimum Gasteiger partial charge on any atom is -0.323 e. The molecule has 1 saturated carbocycles. The second-order valence-corrected chi connectivity index (χ2v) is 6.62. The number of nitrogens with two attached hydrogens (primary N) is 1. The lowest BCUT2D eigenvalue weighted by Gasteiger charge is -2.31. The molecular formula is C9H17F2NO2S. The van der Waals surface area contributed by atoms with E-state index in [9.17, 15) is 17.2 Å². The highest BCUT2D eigenvalue weighted by atomic mass is 32.2. The summed E-state index contributed by atoms with van der Waals surface area (Å²) >= 11 is 0. The van der Waals surface area contributed by atoms with E-state index >= 15 is 0 Å². The molecule has 1 aliphatic carbocycles. The van der Waals surface area contributed by atoms with Crippen LogP contribution in [0.3, 0.4) is 0 Å². The van der Waals surface area contributed by atoms with Crippen LogP contribution in [0.2, 0.25) is 0 Å². The second kappa shape index (κ2) is 4.74. The molecular weight excluding hydrogens is 224 g/mol. The summed E-state index contributed by atoms with van der Waals surface area (Å²) in [7, 11) is -3.12. The van der Waals surface area contributed by atoms with Gasteiger partial charge in [0.15, 0.2) is 0 Å². The Morgan fingerprint density at radius 2 is 1.93 bits per heavy atom. The molecule has 1 aliphatic rings. The van der Waals surface area contributed by atoms with Gasteiger partial charge in [-0.3, -0.25) is 0 Å². The molecule has 6 heteroatoms. The zero-order valence-corrected chi connectivity index (χ0v) is 9.51. The first-order valence-corrected chi connectivity index (χ1v) is 7.00. The van der Waals surface area contributed by atoms with Crippen molar-refractivity contribution in [1.82, 2.24) is 0 Å². The third-order valence-electron chi connectivity index (χ3n) is 3.11. The molecule has 0 amide bonds. The molecule has 0 saturated heterocycles. The van der Waals surface area contributed by atoms with Gasteiger partial charge in [0, 0.05) is 6.26 Å². The Hall–Kier alpha value is -0.230. The molecule has 0 bridgehead atoms. The van der Waals surface area contributed by atoms with Crippen molar-refractivity contribution in [1.29, 1.82) is 0 Å². The summed E-state index contributed by atoms with van der Waals surface area (Å²) in [4.78, 5) is 0. The topological polar surface area (TPSA) is 60.2 Å².